The van der Waals surface area contributed by atoms with Gasteiger partial charge in [0.15, 0.2) is 0 Å². The fourth-order valence-electron chi connectivity index (χ4n) is 2.77. The lowest BCUT2D eigenvalue weighted by atomic mass is 10.0. The van der Waals surface area contributed by atoms with E-state index in [1.807, 2.05) is 75.4 Å². The molecule has 0 aliphatic rings. The van der Waals surface area contributed by atoms with Gasteiger partial charge in [-0.3, -0.25) is 4.79 Å². The van der Waals surface area contributed by atoms with Crippen molar-refractivity contribution in [1.29, 1.82) is 0 Å². The maximum Gasteiger partial charge on any atom is 0.259 e. The highest BCUT2D eigenvalue weighted by atomic mass is 16.3. The summed E-state index contributed by atoms with van der Waals surface area (Å²) >= 11 is 0. The second kappa shape index (κ2) is 6.13. The molecule has 0 atom stereocenters. The Morgan fingerprint density at radius 1 is 0.870 bits per heavy atom. The maximum absolute atomic E-state index is 12.7. The molecule has 1 N–H and O–H groups in total. The van der Waals surface area contributed by atoms with Crippen molar-refractivity contribution in [2.45, 2.75) is 20.8 Å². The highest BCUT2D eigenvalue weighted by Crippen LogP contribution is 2.29. The molecule has 3 nitrogen and oxygen atoms in total. The van der Waals surface area contributed by atoms with Crippen LogP contribution in [0.5, 0.6) is 0 Å². The smallest absolute Gasteiger partial charge is 0.259 e. The molecule has 3 aromatic rings. The minimum Gasteiger partial charge on any atom is -0.466 e. The van der Waals surface area contributed by atoms with Crippen LogP contribution in [0, 0.1) is 20.8 Å². The number of amides is 1. The Bertz CT molecular complexity index is 847. The van der Waals surface area contributed by atoms with Crippen molar-refractivity contribution >= 4 is 11.6 Å². The third kappa shape index (κ3) is 2.90. The molecule has 2 aromatic carbocycles. The predicted molar refractivity (Wildman–Crippen MR) is 92.8 cm³/mol. The zero-order valence-electron chi connectivity index (χ0n) is 13.5. The van der Waals surface area contributed by atoms with Crippen LogP contribution >= 0.6 is 0 Å². The number of para-hydroxylation sites is 1. The summed E-state index contributed by atoms with van der Waals surface area (Å²) in [5.41, 5.74) is 4.36. The van der Waals surface area contributed by atoms with Gasteiger partial charge in [0.2, 0.25) is 0 Å². The van der Waals surface area contributed by atoms with Crippen LogP contribution in [-0.4, -0.2) is 5.91 Å². The lowest BCUT2D eigenvalue weighted by Gasteiger charge is -2.11. The van der Waals surface area contributed by atoms with E-state index in [2.05, 4.69) is 5.32 Å². The van der Waals surface area contributed by atoms with Crippen LogP contribution in [0.4, 0.5) is 5.69 Å². The van der Waals surface area contributed by atoms with Crippen molar-refractivity contribution in [1.82, 2.24) is 0 Å². The van der Waals surface area contributed by atoms with Gasteiger partial charge in [0.25, 0.3) is 5.91 Å². The minimum atomic E-state index is -0.139. The Balaban J connectivity index is 1.97. The fourth-order valence-corrected chi connectivity index (χ4v) is 2.77. The van der Waals surface area contributed by atoms with Gasteiger partial charge in [0, 0.05) is 16.8 Å². The lowest BCUT2D eigenvalue weighted by Crippen LogP contribution is -2.14. The van der Waals surface area contributed by atoms with Gasteiger partial charge in [-0.25, -0.2) is 0 Å². The number of carbonyl (C=O) groups is 1. The van der Waals surface area contributed by atoms with Gasteiger partial charge in [0.1, 0.15) is 11.5 Å². The molecule has 1 aromatic heterocycles. The van der Waals surface area contributed by atoms with Crippen LogP contribution in [-0.2, 0) is 0 Å². The van der Waals surface area contributed by atoms with Crippen LogP contribution in [0.25, 0.3) is 11.1 Å². The number of hydrogen-bond donors (Lipinski definition) is 1. The first-order valence-electron chi connectivity index (χ1n) is 7.60. The number of rotatable bonds is 3. The topological polar surface area (TPSA) is 42.2 Å². The molecular formula is C20H19NO2. The lowest BCUT2D eigenvalue weighted by molar-refractivity contribution is 0.102. The van der Waals surface area contributed by atoms with Crippen molar-refractivity contribution in [3.8, 4) is 11.1 Å². The monoisotopic (exact) mass is 305 g/mol. The van der Waals surface area contributed by atoms with E-state index in [0.717, 1.165) is 28.1 Å². The van der Waals surface area contributed by atoms with E-state index >= 15 is 0 Å². The van der Waals surface area contributed by atoms with E-state index in [-0.39, 0.29) is 5.91 Å². The Hall–Kier alpha value is -2.81. The van der Waals surface area contributed by atoms with Gasteiger partial charge in [-0.15, -0.1) is 0 Å². The first-order chi connectivity index (χ1) is 11.1. The Morgan fingerprint density at radius 3 is 2.17 bits per heavy atom. The Kier molecular flexibility index (Phi) is 4.02. The molecule has 3 rings (SSSR count). The van der Waals surface area contributed by atoms with E-state index in [9.17, 15) is 4.79 Å². The van der Waals surface area contributed by atoms with E-state index < -0.39 is 0 Å². The van der Waals surface area contributed by atoms with Gasteiger partial charge in [-0.2, -0.15) is 0 Å². The molecule has 0 saturated carbocycles. The normalized spacial score (nSPS) is 10.6. The number of nitrogens with one attached hydrogen (secondary N) is 1. The summed E-state index contributed by atoms with van der Waals surface area (Å²) in [6.07, 6.45) is 0. The van der Waals surface area contributed by atoms with Gasteiger partial charge in [-0.1, -0.05) is 48.5 Å². The third-order valence-electron chi connectivity index (χ3n) is 4.05. The van der Waals surface area contributed by atoms with Crippen molar-refractivity contribution in [2.75, 3.05) is 5.32 Å². The molecule has 116 valence electrons. The summed E-state index contributed by atoms with van der Waals surface area (Å²) < 4.78 is 5.56. The van der Waals surface area contributed by atoms with Crippen molar-refractivity contribution < 1.29 is 9.21 Å². The van der Waals surface area contributed by atoms with Crippen LogP contribution in [0.15, 0.2) is 59.0 Å². The second-order valence-electron chi connectivity index (χ2n) is 5.58. The van der Waals surface area contributed by atoms with Crippen LogP contribution in [0.2, 0.25) is 0 Å². The highest BCUT2D eigenvalue weighted by molar-refractivity contribution is 6.07. The van der Waals surface area contributed by atoms with E-state index in [0.29, 0.717) is 11.3 Å². The molecule has 0 saturated heterocycles. The number of furan rings is 1. The molecule has 0 radical (unpaired) electrons. The molecule has 1 heterocycles. The van der Waals surface area contributed by atoms with E-state index in [1.54, 1.807) is 0 Å². The molecule has 0 unspecified atom stereocenters. The average molecular weight is 305 g/mol. The number of benzene rings is 2. The summed E-state index contributed by atoms with van der Waals surface area (Å²) in [7, 11) is 0. The first kappa shape index (κ1) is 15.1. The Labute approximate surface area is 136 Å². The average Bonchev–Trinajstić information content (AvgIpc) is 2.81. The maximum atomic E-state index is 12.7. The molecule has 0 fully saturated rings. The molecule has 0 bridgehead atoms. The minimum absolute atomic E-state index is 0.139. The van der Waals surface area contributed by atoms with E-state index in [4.69, 9.17) is 4.42 Å². The van der Waals surface area contributed by atoms with Crippen LogP contribution in [0.1, 0.15) is 27.4 Å². The molecule has 23 heavy (non-hydrogen) atoms. The SMILES string of the molecule is Cc1oc(C)c(C(=O)Nc2ccccc2-c2ccccc2)c1C. The van der Waals surface area contributed by atoms with Gasteiger partial charge >= 0.3 is 0 Å². The summed E-state index contributed by atoms with van der Waals surface area (Å²) in [6, 6.07) is 17.8. The first-order valence-corrected chi connectivity index (χ1v) is 7.60. The second-order valence-corrected chi connectivity index (χ2v) is 5.58. The number of carbonyl (C=O) groups excluding carboxylic acids is 1. The highest BCUT2D eigenvalue weighted by Gasteiger charge is 2.19. The standard InChI is InChI=1S/C20H19NO2/c1-13-14(2)23-15(3)19(13)20(22)21-18-12-8-7-11-17(18)16-9-5-4-6-10-16/h4-12H,1-3H3,(H,21,22). The number of hydrogen-bond acceptors (Lipinski definition) is 2. The van der Waals surface area contributed by atoms with Crippen LogP contribution in [0.3, 0.4) is 0 Å². The summed E-state index contributed by atoms with van der Waals surface area (Å²) in [4.78, 5) is 12.7. The predicted octanol–water partition coefficient (Wildman–Crippen LogP) is 5.12. The quantitative estimate of drug-likeness (QED) is 0.729. The molecular weight excluding hydrogens is 286 g/mol. The molecule has 3 heteroatoms. The van der Waals surface area contributed by atoms with Gasteiger partial charge in [0.05, 0.1) is 5.56 Å². The molecule has 0 aliphatic carbocycles. The molecule has 0 aliphatic heterocycles. The number of anilines is 1. The molecule has 1 amide bonds. The van der Waals surface area contributed by atoms with Gasteiger partial charge in [-0.05, 0) is 32.4 Å². The number of aryl methyl sites for hydroxylation is 2. The fraction of sp³-hybridized carbons (Fsp3) is 0.150. The zero-order valence-corrected chi connectivity index (χ0v) is 13.5. The molecule has 0 spiro atoms. The van der Waals surface area contributed by atoms with Crippen molar-refractivity contribution in [3.05, 3.63) is 77.2 Å². The summed E-state index contributed by atoms with van der Waals surface area (Å²) in [5, 5.41) is 3.02. The van der Waals surface area contributed by atoms with Crippen LogP contribution < -0.4 is 5.32 Å². The van der Waals surface area contributed by atoms with Gasteiger partial charge < -0.3 is 9.73 Å². The summed E-state index contributed by atoms with van der Waals surface area (Å²) in [5.74, 6) is 1.29. The van der Waals surface area contributed by atoms with Crippen molar-refractivity contribution in [2.24, 2.45) is 0 Å². The third-order valence-corrected chi connectivity index (χ3v) is 4.05. The van der Waals surface area contributed by atoms with Crippen molar-refractivity contribution in [3.63, 3.8) is 0 Å². The van der Waals surface area contributed by atoms with E-state index in [1.165, 1.54) is 0 Å². The zero-order chi connectivity index (χ0) is 16.4. The summed E-state index contributed by atoms with van der Waals surface area (Å²) in [6.45, 7) is 5.60. The Morgan fingerprint density at radius 2 is 1.52 bits per heavy atom. The largest absolute Gasteiger partial charge is 0.466 e.